The molecule has 0 bridgehead atoms. The molecule has 15 heavy (non-hydrogen) atoms. The fourth-order valence-corrected chi connectivity index (χ4v) is 1.29. The number of carbonyl (C=O) groups excluding carboxylic acids is 1. The van der Waals surface area contributed by atoms with E-state index in [1.54, 1.807) is 12.1 Å². The van der Waals surface area contributed by atoms with E-state index in [1.165, 1.54) is 7.11 Å². The second-order valence-electron chi connectivity index (χ2n) is 3.19. The van der Waals surface area contributed by atoms with Gasteiger partial charge in [-0.15, -0.1) is 0 Å². The van der Waals surface area contributed by atoms with E-state index in [0.29, 0.717) is 16.8 Å². The van der Waals surface area contributed by atoms with Crippen molar-refractivity contribution in [3.8, 4) is 6.07 Å². The number of nitrogen functional groups attached to an aromatic ring is 1. The number of benzene rings is 1. The van der Waals surface area contributed by atoms with Crippen LogP contribution in [0.1, 0.15) is 16.7 Å². The lowest BCUT2D eigenvalue weighted by Gasteiger charge is -2.09. The minimum Gasteiger partial charge on any atom is -0.469 e. The molecule has 0 aliphatic rings. The van der Waals surface area contributed by atoms with Crippen LogP contribution in [0.5, 0.6) is 0 Å². The third kappa shape index (κ3) is 2.26. The van der Waals surface area contributed by atoms with Crippen molar-refractivity contribution in [2.75, 3.05) is 12.8 Å². The number of hydrogen-bond donors (Lipinski definition) is 1. The number of carbonyl (C=O) groups is 1. The van der Waals surface area contributed by atoms with Gasteiger partial charge in [0.1, 0.15) is 0 Å². The summed E-state index contributed by atoms with van der Waals surface area (Å²) in [5.41, 5.74) is 8.11. The Kier molecular flexibility index (Phi) is 3.29. The van der Waals surface area contributed by atoms with Crippen LogP contribution in [0.4, 0.5) is 5.69 Å². The van der Waals surface area contributed by atoms with E-state index >= 15 is 0 Å². The normalized spacial score (nSPS) is 9.40. The van der Waals surface area contributed by atoms with Gasteiger partial charge in [-0.2, -0.15) is 5.26 Å². The summed E-state index contributed by atoms with van der Waals surface area (Å²) >= 11 is 0. The molecule has 1 aromatic carbocycles. The van der Waals surface area contributed by atoms with Gasteiger partial charge in [0.2, 0.25) is 0 Å². The van der Waals surface area contributed by atoms with Crippen molar-refractivity contribution < 1.29 is 9.53 Å². The summed E-state index contributed by atoms with van der Waals surface area (Å²) in [5, 5.41) is 8.86. The maximum absolute atomic E-state index is 11.1. The van der Waals surface area contributed by atoms with E-state index in [0.717, 1.165) is 5.56 Å². The standard InChI is InChI=1S/C11H12N2O2/c1-7-3-4-8(6-12)9(11(7)13)5-10(14)15-2/h3-4H,5,13H2,1-2H3. The lowest BCUT2D eigenvalue weighted by atomic mass is 10.00. The molecule has 2 N–H and O–H groups in total. The monoisotopic (exact) mass is 204 g/mol. The SMILES string of the molecule is COC(=O)Cc1c(C#N)ccc(C)c1N. The maximum Gasteiger partial charge on any atom is 0.310 e. The van der Waals surface area contributed by atoms with Gasteiger partial charge in [0.15, 0.2) is 0 Å². The Balaban J connectivity index is 3.19. The van der Waals surface area contributed by atoms with Gasteiger partial charge in [-0.3, -0.25) is 4.79 Å². The van der Waals surface area contributed by atoms with Gasteiger partial charge >= 0.3 is 5.97 Å². The van der Waals surface area contributed by atoms with Crippen molar-refractivity contribution in [3.63, 3.8) is 0 Å². The van der Waals surface area contributed by atoms with Crippen LogP contribution in [-0.4, -0.2) is 13.1 Å². The average molecular weight is 204 g/mol. The summed E-state index contributed by atoms with van der Waals surface area (Å²) < 4.78 is 4.54. The zero-order chi connectivity index (χ0) is 11.4. The molecule has 0 aliphatic carbocycles. The van der Waals surface area contributed by atoms with Crippen molar-refractivity contribution in [1.29, 1.82) is 5.26 Å². The van der Waals surface area contributed by atoms with Crippen molar-refractivity contribution >= 4 is 11.7 Å². The highest BCUT2D eigenvalue weighted by molar-refractivity contribution is 5.77. The Hall–Kier alpha value is -2.02. The summed E-state index contributed by atoms with van der Waals surface area (Å²) in [5.74, 6) is -0.399. The summed E-state index contributed by atoms with van der Waals surface area (Å²) in [6, 6.07) is 5.42. The minimum atomic E-state index is -0.399. The van der Waals surface area contributed by atoms with E-state index in [4.69, 9.17) is 11.0 Å². The second kappa shape index (κ2) is 4.47. The highest BCUT2D eigenvalue weighted by atomic mass is 16.5. The summed E-state index contributed by atoms with van der Waals surface area (Å²) in [6.45, 7) is 1.83. The second-order valence-corrected chi connectivity index (χ2v) is 3.19. The fourth-order valence-electron chi connectivity index (χ4n) is 1.29. The minimum absolute atomic E-state index is 0.0346. The number of rotatable bonds is 2. The molecule has 0 spiro atoms. The Morgan fingerprint density at radius 3 is 2.80 bits per heavy atom. The molecule has 1 rings (SSSR count). The summed E-state index contributed by atoms with van der Waals surface area (Å²) in [6.07, 6.45) is 0.0346. The molecule has 0 aliphatic heterocycles. The molecule has 4 heteroatoms. The first kappa shape index (κ1) is 11.1. The van der Waals surface area contributed by atoms with Crippen molar-refractivity contribution in [2.45, 2.75) is 13.3 Å². The van der Waals surface area contributed by atoms with Gasteiger partial charge in [-0.05, 0) is 18.6 Å². The number of anilines is 1. The van der Waals surface area contributed by atoms with Gasteiger partial charge in [0, 0.05) is 11.3 Å². The zero-order valence-corrected chi connectivity index (χ0v) is 8.70. The Labute approximate surface area is 88.3 Å². The molecule has 1 aromatic rings. The lowest BCUT2D eigenvalue weighted by molar-refractivity contribution is -0.139. The van der Waals surface area contributed by atoms with E-state index in [1.807, 2.05) is 13.0 Å². The average Bonchev–Trinajstić information content (AvgIpc) is 2.25. The molecule has 0 amide bonds. The van der Waals surface area contributed by atoms with Gasteiger partial charge < -0.3 is 10.5 Å². The number of esters is 1. The molecule has 0 aromatic heterocycles. The number of nitriles is 1. The van der Waals surface area contributed by atoms with Gasteiger partial charge in [0.05, 0.1) is 25.2 Å². The Morgan fingerprint density at radius 2 is 2.27 bits per heavy atom. The van der Waals surface area contributed by atoms with Crippen LogP contribution in [0.15, 0.2) is 12.1 Å². The first-order valence-corrected chi connectivity index (χ1v) is 4.45. The maximum atomic E-state index is 11.1. The largest absolute Gasteiger partial charge is 0.469 e. The first-order chi connectivity index (χ1) is 7.10. The lowest BCUT2D eigenvalue weighted by Crippen LogP contribution is -2.09. The number of aryl methyl sites for hydroxylation is 1. The van der Waals surface area contributed by atoms with Crippen molar-refractivity contribution in [3.05, 3.63) is 28.8 Å². The molecular weight excluding hydrogens is 192 g/mol. The molecule has 4 nitrogen and oxygen atoms in total. The number of hydrogen-bond acceptors (Lipinski definition) is 4. The predicted octanol–water partition coefficient (Wildman–Crippen LogP) is 1.16. The van der Waals surface area contributed by atoms with Crippen LogP contribution < -0.4 is 5.73 Å². The third-order valence-electron chi connectivity index (χ3n) is 2.24. The molecule has 0 atom stereocenters. The van der Waals surface area contributed by atoms with Crippen LogP contribution in [0.25, 0.3) is 0 Å². The van der Waals surface area contributed by atoms with Crippen LogP contribution in [0.2, 0.25) is 0 Å². The van der Waals surface area contributed by atoms with Crippen LogP contribution in [0.3, 0.4) is 0 Å². The number of nitrogens with two attached hydrogens (primary N) is 1. The van der Waals surface area contributed by atoms with Crippen LogP contribution >= 0.6 is 0 Å². The number of ether oxygens (including phenoxy) is 1. The van der Waals surface area contributed by atoms with E-state index in [2.05, 4.69) is 4.74 Å². The van der Waals surface area contributed by atoms with Gasteiger partial charge in [0.25, 0.3) is 0 Å². The molecular formula is C11H12N2O2. The molecule has 0 radical (unpaired) electrons. The van der Waals surface area contributed by atoms with Crippen LogP contribution in [-0.2, 0) is 16.0 Å². The molecule has 0 saturated carbocycles. The predicted molar refractivity (Wildman–Crippen MR) is 56.0 cm³/mol. The molecule has 0 unspecified atom stereocenters. The van der Waals surface area contributed by atoms with E-state index in [-0.39, 0.29) is 6.42 Å². The third-order valence-corrected chi connectivity index (χ3v) is 2.24. The molecule has 78 valence electrons. The molecule has 0 heterocycles. The summed E-state index contributed by atoms with van der Waals surface area (Å²) in [7, 11) is 1.31. The number of methoxy groups -OCH3 is 1. The van der Waals surface area contributed by atoms with Crippen molar-refractivity contribution in [1.82, 2.24) is 0 Å². The molecule has 0 saturated heterocycles. The van der Waals surface area contributed by atoms with Gasteiger partial charge in [-0.1, -0.05) is 6.07 Å². The number of nitrogens with zero attached hydrogens (tertiary/aromatic N) is 1. The highest BCUT2D eigenvalue weighted by Gasteiger charge is 2.12. The van der Waals surface area contributed by atoms with E-state index < -0.39 is 5.97 Å². The quantitative estimate of drug-likeness (QED) is 0.579. The van der Waals surface area contributed by atoms with Crippen molar-refractivity contribution in [2.24, 2.45) is 0 Å². The smallest absolute Gasteiger partial charge is 0.310 e. The summed E-state index contributed by atoms with van der Waals surface area (Å²) in [4.78, 5) is 11.1. The topological polar surface area (TPSA) is 76.1 Å². The highest BCUT2D eigenvalue weighted by Crippen LogP contribution is 2.21. The van der Waals surface area contributed by atoms with Crippen LogP contribution in [0, 0.1) is 18.3 Å². The van der Waals surface area contributed by atoms with E-state index in [9.17, 15) is 4.79 Å². The van der Waals surface area contributed by atoms with Gasteiger partial charge in [-0.25, -0.2) is 0 Å². The fraction of sp³-hybridized carbons (Fsp3) is 0.273. The zero-order valence-electron chi connectivity index (χ0n) is 8.70. The molecule has 0 fully saturated rings. The first-order valence-electron chi connectivity index (χ1n) is 4.45. The Morgan fingerprint density at radius 1 is 1.60 bits per heavy atom. The Bertz CT molecular complexity index is 433.